The first-order valence-electron chi connectivity index (χ1n) is 10.2. The average molecular weight is 429 g/mol. The zero-order valence-corrected chi connectivity index (χ0v) is 17.2. The van der Waals surface area contributed by atoms with Gasteiger partial charge >= 0.3 is 5.97 Å². The van der Waals surface area contributed by atoms with Gasteiger partial charge in [0.25, 0.3) is 0 Å². The van der Waals surface area contributed by atoms with Gasteiger partial charge in [-0.15, -0.1) is 0 Å². The maximum absolute atomic E-state index is 12.8. The van der Waals surface area contributed by atoms with Crippen LogP contribution in [0.5, 0.6) is 0 Å². The highest BCUT2D eigenvalue weighted by Gasteiger charge is 2.28. The lowest BCUT2D eigenvalue weighted by Gasteiger charge is -2.20. The molecular formula is C21H27N5O5. The van der Waals surface area contributed by atoms with Gasteiger partial charge in [-0.2, -0.15) is 0 Å². The molecule has 0 radical (unpaired) electrons. The summed E-state index contributed by atoms with van der Waals surface area (Å²) in [6, 6.07) is 5.33. The highest BCUT2D eigenvalue weighted by atomic mass is 16.4. The van der Waals surface area contributed by atoms with Crippen LogP contribution in [0.2, 0.25) is 0 Å². The number of H-pyrrole nitrogens is 1. The Hall–Kier alpha value is -3.40. The summed E-state index contributed by atoms with van der Waals surface area (Å²) in [4.78, 5) is 51.4. The molecule has 10 heteroatoms. The zero-order chi connectivity index (χ0) is 22.4. The SMILES string of the molecule is CC(NC(=O)CNC(=O)C(Cc1c[nH]c2ccccc12)NC(=O)C1CCCN1)C(=O)O. The van der Waals surface area contributed by atoms with Crippen LogP contribution in [0.25, 0.3) is 10.9 Å². The first-order valence-corrected chi connectivity index (χ1v) is 10.2. The van der Waals surface area contributed by atoms with Gasteiger partial charge in [-0.1, -0.05) is 18.2 Å². The van der Waals surface area contributed by atoms with Gasteiger partial charge in [0.15, 0.2) is 0 Å². The van der Waals surface area contributed by atoms with Gasteiger partial charge in [0, 0.05) is 23.5 Å². The number of carbonyl (C=O) groups is 4. The van der Waals surface area contributed by atoms with Gasteiger partial charge in [0.2, 0.25) is 17.7 Å². The maximum atomic E-state index is 12.8. The van der Waals surface area contributed by atoms with Gasteiger partial charge in [0.05, 0.1) is 12.6 Å². The Morgan fingerprint density at radius 2 is 1.97 bits per heavy atom. The van der Waals surface area contributed by atoms with E-state index < -0.39 is 36.4 Å². The largest absolute Gasteiger partial charge is 0.480 e. The molecule has 0 aliphatic carbocycles. The van der Waals surface area contributed by atoms with Crippen LogP contribution in [0.1, 0.15) is 25.3 Å². The lowest BCUT2D eigenvalue weighted by atomic mass is 10.0. The Morgan fingerprint density at radius 3 is 2.68 bits per heavy atom. The molecule has 3 rings (SSSR count). The fraction of sp³-hybridized carbons (Fsp3) is 0.429. The number of aromatic amines is 1. The predicted octanol–water partition coefficient (Wildman–Crippen LogP) is -0.347. The maximum Gasteiger partial charge on any atom is 0.325 e. The van der Waals surface area contributed by atoms with Gasteiger partial charge in [-0.3, -0.25) is 19.2 Å². The monoisotopic (exact) mass is 429 g/mol. The number of para-hydroxylation sites is 1. The minimum Gasteiger partial charge on any atom is -0.480 e. The molecule has 3 unspecified atom stereocenters. The van der Waals surface area contributed by atoms with Crippen LogP contribution in [0.3, 0.4) is 0 Å². The van der Waals surface area contributed by atoms with Crippen LogP contribution < -0.4 is 21.3 Å². The number of carbonyl (C=O) groups excluding carboxylic acids is 3. The third-order valence-corrected chi connectivity index (χ3v) is 5.28. The van der Waals surface area contributed by atoms with Crippen molar-refractivity contribution >= 4 is 34.6 Å². The summed E-state index contributed by atoms with van der Waals surface area (Å²) in [5.41, 5.74) is 1.78. The van der Waals surface area contributed by atoms with Crippen LogP contribution >= 0.6 is 0 Å². The quantitative estimate of drug-likeness (QED) is 0.321. The highest BCUT2D eigenvalue weighted by molar-refractivity contribution is 5.93. The van der Waals surface area contributed by atoms with E-state index in [0.29, 0.717) is 6.42 Å². The predicted molar refractivity (Wildman–Crippen MR) is 113 cm³/mol. The number of fused-ring (bicyclic) bond motifs is 1. The van der Waals surface area contributed by atoms with Crippen LogP contribution in [0, 0.1) is 0 Å². The summed E-state index contributed by atoms with van der Waals surface area (Å²) >= 11 is 0. The Labute approximate surface area is 179 Å². The Bertz CT molecular complexity index is 966. The van der Waals surface area contributed by atoms with E-state index >= 15 is 0 Å². The fourth-order valence-corrected chi connectivity index (χ4v) is 3.56. The standard InChI is InChI=1S/C21H27N5O5/c1-12(21(30)31)25-18(27)11-24-19(28)17(26-20(29)16-7-4-8-22-16)9-13-10-23-15-6-3-2-5-14(13)15/h2-3,5-6,10,12,16-17,22-23H,4,7-9,11H2,1H3,(H,24,28)(H,25,27)(H,26,29)(H,30,31). The lowest BCUT2D eigenvalue weighted by Crippen LogP contribution is -2.54. The van der Waals surface area contributed by atoms with Crippen molar-refractivity contribution in [3.05, 3.63) is 36.0 Å². The number of carboxylic acids is 1. The van der Waals surface area contributed by atoms with Gasteiger partial charge in [-0.05, 0) is 37.9 Å². The number of nitrogens with one attached hydrogen (secondary N) is 5. The third-order valence-electron chi connectivity index (χ3n) is 5.28. The molecule has 10 nitrogen and oxygen atoms in total. The average Bonchev–Trinajstić information content (AvgIpc) is 3.42. The summed E-state index contributed by atoms with van der Waals surface area (Å²) < 4.78 is 0. The number of aromatic nitrogens is 1. The molecule has 3 amide bonds. The van der Waals surface area contributed by atoms with Crippen LogP contribution in [0.15, 0.2) is 30.5 Å². The van der Waals surface area contributed by atoms with E-state index in [0.717, 1.165) is 29.4 Å². The second-order valence-electron chi connectivity index (χ2n) is 7.62. The van der Waals surface area contributed by atoms with Crippen molar-refractivity contribution in [3.8, 4) is 0 Å². The van der Waals surface area contributed by atoms with E-state index in [-0.39, 0.29) is 18.4 Å². The molecule has 6 N–H and O–H groups in total. The summed E-state index contributed by atoms with van der Waals surface area (Å²) in [6.45, 7) is 1.69. The second-order valence-corrected chi connectivity index (χ2v) is 7.62. The molecule has 1 saturated heterocycles. The topological polar surface area (TPSA) is 152 Å². The lowest BCUT2D eigenvalue weighted by molar-refractivity contribution is -0.141. The number of hydrogen-bond acceptors (Lipinski definition) is 5. The van der Waals surface area contributed by atoms with Crippen LogP contribution in [0.4, 0.5) is 0 Å². The Balaban J connectivity index is 1.68. The molecular weight excluding hydrogens is 402 g/mol. The molecule has 1 aromatic carbocycles. The molecule has 166 valence electrons. The van der Waals surface area contributed by atoms with E-state index in [2.05, 4.69) is 26.3 Å². The molecule has 0 spiro atoms. The molecule has 0 bridgehead atoms. The van der Waals surface area contributed by atoms with Crippen LogP contribution in [-0.2, 0) is 25.6 Å². The third kappa shape index (κ3) is 5.82. The number of aliphatic carboxylic acids is 1. The Kier molecular flexibility index (Phi) is 7.24. The zero-order valence-electron chi connectivity index (χ0n) is 17.2. The highest BCUT2D eigenvalue weighted by Crippen LogP contribution is 2.19. The molecule has 3 atom stereocenters. The molecule has 31 heavy (non-hydrogen) atoms. The van der Waals surface area contributed by atoms with Gasteiger partial charge < -0.3 is 31.4 Å². The number of rotatable bonds is 9. The summed E-state index contributed by atoms with van der Waals surface area (Å²) in [6.07, 6.45) is 3.62. The normalized spacial score (nSPS) is 17.6. The first-order chi connectivity index (χ1) is 14.8. The van der Waals surface area contributed by atoms with Gasteiger partial charge in [0.1, 0.15) is 12.1 Å². The van der Waals surface area contributed by atoms with Crippen molar-refractivity contribution < 1.29 is 24.3 Å². The van der Waals surface area contributed by atoms with E-state index in [9.17, 15) is 19.2 Å². The summed E-state index contributed by atoms with van der Waals surface area (Å²) in [7, 11) is 0. The number of amides is 3. The number of benzene rings is 1. The van der Waals surface area contributed by atoms with Crippen molar-refractivity contribution in [1.82, 2.24) is 26.3 Å². The van der Waals surface area contributed by atoms with Crippen molar-refractivity contribution in [2.45, 2.75) is 44.3 Å². The molecule has 2 aromatic rings. The van der Waals surface area contributed by atoms with Crippen molar-refractivity contribution in [1.29, 1.82) is 0 Å². The molecule has 1 aliphatic rings. The van der Waals surface area contributed by atoms with Crippen molar-refractivity contribution in [2.75, 3.05) is 13.1 Å². The minimum atomic E-state index is -1.17. The van der Waals surface area contributed by atoms with E-state index in [4.69, 9.17) is 5.11 Å². The number of hydrogen-bond donors (Lipinski definition) is 6. The summed E-state index contributed by atoms with van der Waals surface area (Å²) in [5, 5.41) is 20.5. The van der Waals surface area contributed by atoms with Crippen molar-refractivity contribution in [2.24, 2.45) is 0 Å². The molecule has 1 aliphatic heterocycles. The number of carboxylic acid groups (broad SMARTS) is 1. The first kappa shape index (κ1) is 22.3. The second kappa shape index (κ2) is 10.1. The minimum absolute atomic E-state index is 0.238. The van der Waals surface area contributed by atoms with Gasteiger partial charge in [-0.25, -0.2) is 0 Å². The molecule has 1 aromatic heterocycles. The smallest absolute Gasteiger partial charge is 0.325 e. The van der Waals surface area contributed by atoms with Crippen LogP contribution in [-0.4, -0.2) is 65.0 Å². The molecule has 2 heterocycles. The fourth-order valence-electron chi connectivity index (χ4n) is 3.56. The van der Waals surface area contributed by atoms with E-state index in [1.54, 1.807) is 6.20 Å². The Morgan fingerprint density at radius 1 is 1.19 bits per heavy atom. The molecule has 1 fully saturated rings. The van der Waals surface area contributed by atoms with E-state index in [1.165, 1.54) is 6.92 Å². The van der Waals surface area contributed by atoms with Crippen molar-refractivity contribution in [3.63, 3.8) is 0 Å². The van der Waals surface area contributed by atoms with E-state index in [1.807, 2.05) is 24.3 Å². The summed E-state index contributed by atoms with van der Waals surface area (Å²) in [5.74, 6) is -2.58. The molecule has 0 saturated carbocycles.